The number of carbonyl (C=O) groups is 1. The van der Waals surface area contributed by atoms with Gasteiger partial charge in [0.2, 0.25) is 5.28 Å². The Bertz CT molecular complexity index is 514. The maximum Gasteiger partial charge on any atom is 0.410 e. The molecule has 2 rings (SSSR count). The van der Waals surface area contributed by atoms with Gasteiger partial charge < -0.3 is 9.64 Å². The Hall–Kier alpha value is -1.07. The van der Waals surface area contributed by atoms with E-state index in [1.165, 1.54) is 0 Å². The predicted molar refractivity (Wildman–Crippen MR) is 72.4 cm³/mol. The number of nitrogens with zero attached hydrogens (tertiary/aromatic N) is 3. The van der Waals surface area contributed by atoms with Crippen LogP contribution in [0.3, 0.4) is 0 Å². The summed E-state index contributed by atoms with van der Waals surface area (Å²) in [6.45, 7) is 6.38. The molecule has 0 aliphatic carbocycles. The van der Waals surface area contributed by atoms with Crippen molar-refractivity contribution in [3.8, 4) is 0 Å². The molecule has 0 aromatic carbocycles. The van der Waals surface area contributed by atoms with Crippen molar-refractivity contribution in [2.24, 2.45) is 0 Å². The maximum absolute atomic E-state index is 12.0. The summed E-state index contributed by atoms with van der Waals surface area (Å²) >= 11 is 11.8. The first-order valence-electron chi connectivity index (χ1n) is 5.95. The van der Waals surface area contributed by atoms with E-state index in [1.54, 1.807) is 4.90 Å². The Kier molecular flexibility index (Phi) is 3.87. The van der Waals surface area contributed by atoms with Crippen LogP contribution in [0.1, 0.15) is 32.0 Å². The number of aromatic nitrogens is 2. The first kappa shape index (κ1) is 14.3. The highest BCUT2D eigenvalue weighted by atomic mass is 35.5. The zero-order valence-corrected chi connectivity index (χ0v) is 12.5. The topological polar surface area (TPSA) is 55.3 Å². The smallest absolute Gasteiger partial charge is 0.410 e. The molecule has 1 aliphatic heterocycles. The lowest BCUT2D eigenvalue weighted by molar-refractivity contribution is 0.0222. The fourth-order valence-corrected chi connectivity index (χ4v) is 2.31. The molecule has 0 unspecified atom stereocenters. The lowest BCUT2D eigenvalue weighted by Gasteiger charge is -2.30. The van der Waals surface area contributed by atoms with E-state index >= 15 is 0 Å². The van der Waals surface area contributed by atoms with Crippen LogP contribution in [0.25, 0.3) is 0 Å². The van der Waals surface area contributed by atoms with Gasteiger partial charge in [-0.15, -0.1) is 0 Å². The Labute approximate surface area is 121 Å². The van der Waals surface area contributed by atoms with Crippen molar-refractivity contribution in [2.75, 3.05) is 6.54 Å². The quantitative estimate of drug-likeness (QED) is 0.546. The second kappa shape index (κ2) is 5.13. The number of fused-ring (bicyclic) bond motifs is 1. The zero-order chi connectivity index (χ0) is 14.2. The number of rotatable bonds is 0. The minimum absolute atomic E-state index is 0.134. The Morgan fingerprint density at radius 3 is 2.63 bits per heavy atom. The van der Waals surface area contributed by atoms with Gasteiger partial charge in [0.05, 0.1) is 12.2 Å². The highest BCUT2D eigenvalue weighted by Crippen LogP contribution is 2.25. The van der Waals surface area contributed by atoms with Gasteiger partial charge in [0, 0.05) is 18.5 Å². The van der Waals surface area contributed by atoms with Gasteiger partial charge in [-0.1, -0.05) is 11.6 Å². The molecule has 1 amide bonds. The number of halogens is 2. The van der Waals surface area contributed by atoms with E-state index in [0.29, 0.717) is 24.7 Å². The van der Waals surface area contributed by atoms with Gasteiger partial charge in [-0.2, -0.15) is 0 Å². The van der Waals surface area contributed by atoms with Crippen LogP contribution >= 0.6 is 23.2 Å². The largest absolute Gasteiger partial charge is 0.444 e. The summed E-state index contributed by atoms with van der Waals surface area (Å²) in [7, 11) is 0. The molecule has 0 radical (unpaired) electrons. The van der Waals surface area contributed by atoms with Crippen LogP contribution in [0.2, 0.25) is 10.4 Å². The summed E-state index contributed by atoms with van der Waals surface area (Å²) in [6, 6.07) is 0. The Morgan fingerprint density at radius 1 is 1.32 bits per heavy atom. The molecule has 0 saturated carbocycles. The first-order chi connectivity index (χ1) is 8.76. The van der Waals surface area contributed by atoms with Crippen LogP contribution < -0.4 is 0 Å². The van der Waals surface area contributed by atoms with Crippen molar-refractivity contribution in [1.82, 2.24) is 14.9 Å². The maximum atomic E-state index is 12.0. The lowest BCUT2D eigenvalue weighted by atomic mass is 10.1. The van der Waals surface area contributed by atoms with Crippen molar-refractivity contribution >= 4 is 29.3 Å². The molecule has 0 N–H and O–H groups in total. The van der Waals surface area contributed by atoms with Crippen molar-refractivity contribution in [3.63, 3.8) is 0 Å². The summed E-state index contributed by atoms with van der Waals surface area (Å²) in [6.07, 6.45) is 0.237. The van der Waals surface area contributed by atoms with Crippen molar-refractivity contribution < 1.29 is 9.53 Å². The summed E-state index contributed by atoms with van der Waals surface area (Å²) in [5.41, 5.74) is 1.02. The Balaban J connectivity index is 2.16. The van der Waals surface area contributed by atoms with E-state index in [1.807, 2.05) is 20.8 Å². The highest BCUT2D eigenvalue weighted by Gasteiger charge is 2.28. The molecule has 7 heteroatoms. The van der Waals surface area contributed by atoms with Crippen LogP contribution in [0.5, 0.6) is 0 Å². The fourth-order valence-electron chi connectivity index (χ4n) is 1.83. The van der Waals surface area contributed by atoms with Crippen LogP contribution in [0, 0.1) is 0 Å². The average Bonchev–Trinajstić information content (AvgIpc) is 2.25. The molecule has 0 bridgehead atoms. The normalized spacial score (nSPS) is 15.1. The second-order valence-corrected chi connectivity index (χ2v) is 6.06. The monoisotopic (exact) mass is 303 g/mol. The number of ether oxygens (including phenoxy) is 1. The molecule has 104 valence electrons. The molecule has 0 atom stereocenters. The second-order valence-electron chi connectivity index (χ2n) is 5.36. The van der Waals surface area contributed by atoms with Crippen LogP contribution in [0.4, 0.5) is 4.79 Å². The molecule has 0 fully saturated rings. The summed E-state index contributed by atoms with van der Waals surface area (Å²) in [5, 5.41) is 0.428. The zero-order valence-electron chi connectivity index (χ0n) is 11.0. The molecular weight excluding hydrogens is 289 g/mol. The van der Waals surface area contributed by atoms with E-state index in [9.17, 15) is 4.79 Å². The van der Waals surface area contributed by atoms with Crippen molar-refractivity contribution in [3.05, 3.63) is 21.7 Å². The van der Waals surface area contributed by atoms with Crippen molar-refractivity contribution in [2.45, 2.75) is 39.3 Å². The minimum Gasteiger partial charge on any atom is -0.444 e. The number of hydrogen-bond acceptors (Lipinski definition) is 4. The van der Waals surface area contributed by atoms with E-state index < -0.39 is 5.60 Å². The Morgan fingerprint density at radius 2 is 2.00 bits per heavy atom. The fraction of sp³-hybridized carbons (Fsp3) is 0.583. The molecule has 1 aliphatic rings. The first-order valence-corrected chi connectivity index (χ1v) is 6.70. The van der Waals surface area contributed by atoms with Gasteiger partial charge in [0.15, 0.2) is 0 Å². The summed E-state index contributed by atoms with van der Waals surface area (Å²) in [5.74, 6) is 0. The molecule has 1 aromatic rings. The van der Waals surface area contributed by atoms with Crippen LogP contribution in [0.15, 0.2) is 0 Å². The average molecular weight is 304 g/mol. The van der Waals surface area contributed by atoms with Crippen LogP contribution in [-0.4, -0.2) is 33.1 Å². The molecule has 1 aromatic heterocycles. The standard InChI is InChI=1S/C12H15Cl2N3O2/c1-12(2,3)19-11(18)17-5-4-8-7(6-17)9(13)16-10(14)15-8/h4-6H2,1-3H3. The third kappa shape index (κ3) is 3.48. The van der Waals surface area contributed by atoms with E-state index in [4.69, 9.17) is 27.9 Å². The minimum atomic E-state index is -0.516. The van der Waals surface area contributed by atoms with Gasteiger partial charge in [-0.05, 0) is 32.4 Å². The summed E-state index contributed by atoms with van der Waals surface area (Å²) in [4.78, 5) is 21.6. The number of amides is 1. The summed E-state index contributed by atoms with van der Waals surface area (Å²) < 4.78 is 5.33. The van der Waals surface area contributed by atoms with E-state index in [0.717, 1.165) is 11.3 Å². The van der Waals surface area contributed by atoms with Gasteiger partial charge in [0.25, 0.3) is 0 Å². The molecule has 19 heavy (non-hydrogen) atoms. The number of hydrogen-bond donors (Lipinski definition) is 0. The third-order valence-electron chi connectivity index (χ3n) is 2.63. The van der Waals surface area contributed by atoms with E-state index in [-0.39, 0.29) is 11.4 Å². The molecular formula is C12H15Cl2N3O2. The predicted octanol–water partition coefficient (Wildman–Crippen LogP) is 3.08. The van der Waals surface area contributed by atoms with Crippen molar-refractivity contribution in [1.29, 1.82) is 0 Å². The molecule has 0 spiro atoms. The highest BCUT2D eigenvalue weighted by molar-refractivity contribution is 6.32. The van der Waals surface area contributed by atoms with Gasteiger partial charge >= 0.3 is 6.09 Å². The van der Waals surface area contributed by atoms with Gasteiger partial charge in [-0.3, -0.25) is 0 Å². The molecule has 2 heterocycles. The third-order valence-corrected chi connectivity index (χ3v) is 3.12. The molecule has 5 nitrogen and oxygen atoms in total. The van der Waals surface area contributed by atoms with Gasteiger partial charge in [-0.25, -0.2) is 14.8 Å². The van der Waals surface area contributed by atoms with Crippen LogP contribution in [-0.2, 0) is 17.7 Å². The van der Waals surface area contributed by atoms with Gasteiger partial charge in [0.1, 0.15) is 10.8 Å². The lowest BCUT2D eigenvalue weighted by Crippen LogP contribution is -2.40. The SMILES string of the molecule is CC(C)(C)OC(=O)N1CCc2nc(Cl)nc(Cl)c2C1. The van der Waals surface area contributed by atoms with E-state index in [2.05, 4.69) is 9.97 Å². The molecule has 0 saturated heterocycles. The number of carbonyl (C=O) groups excluding carboxylic acids is 1.